The van der Waals surface area contributed by atoms with Gasteiger partial charge in [0, 0.05) is 6.04 Å². The molecule has 0 aromatic heterocycles. The number of likely N-dealkylation sites (N-methyl/N-ethyl adjacent to an activating group) is 1. The lowest BCUT2D eigenvalue weighted by atomic mass is 10.1. The monoisotopic (exact) mass is 145 g/mol. The van der Waals surface area contributed by atoms with E-state index >= 15 is 0 Å². The lowest BCUT2D eigenvalue weighted by Gasteiger charge is -2.27. The van der Waals surface area contributed by atoms with Crippen LogP contribution < -0.4 is 5.32 Å². The number of ether oxygens (including phenoxy) is 1. The summed E-state index contributed by atoms with van der Waals surface area (Å²) in [6, 6.07) is 0.489. The zero-order chi connectivity index (χ0) is 7.40. The van der Waals surface area contributed by atoms with Crippen molar-refractivity contribution in [1.29, 1.82) is 0 Å². The summed E-state index contributed by atoms with van der Waals surface area (Å²) in [7, 11) is 1.94. The van der Waals surface area contributed by atoms with E-state index < -0.39 is 0 Å². The van der Waals surface area contributed by atoms with E-state index in [1.165, 1.54) is 0 Å². The fourth-order valence-corrected chi connectivity index (χ4v) is 1.18. The Kier molecular flexibility index (Phi) is 3.12. The summed E-state index contributed by atoms with van der Waals surface area (Å²) in [4.78, 5) is 0. The van der Waals surface area contributed by atoms with Crippen molar-refractivity contribution < 1.29 is 9.84 Å². The summed E-state index contributed by atoms with van der Waals surface area (Å²) in [6.45, 7) is 0.901. The highest BCUT2D eigenvalue weighted by molar-refractivity contribution is 4.72. The summed E-state index contributed by atoms with van der Waals surface area (Å²) in [5.41, 5.74) is 0. The lowest BCUT2D eigenvalue weighted by Crippen LogP contribution is -2.38. The van der Waals surface area contributed by atoms with Crippen LogP contribution in [0.15, 0.2) is 0 Å². The van der Waals surface area contributed by atoms with Gasteiger partial charge in [-0.1, -0.05) is 0 Å². The summed E-state index contributed by atoms with van der Waals surface area (Å²) in [6.07, 6.45) is 2.17. The minimum absolute atomic E-state index is 0.0876. The molecule has 0 spiro atoms. The third kappa shape index (κ3) is 1.94. The van der Waals surface area contributed by atoms with Crippen molar-refractivity contribution in [2.24, 2.45) is 0 Å². The first-order chi connectivity index (χ1) is 4.86. The second kappa shape index (κ2) is 3.91. The molecule has 1 fully saturated rings. The lowest BCUT2D eigenvalue weighted by molar-refractivity contribution is -0.0304. The molecule has 1 aliphatic heterocycles. The van der Waals surface area contributed by atoms with Crippen molar-refractivity contribution in [3.63, 3.8) is 0 Å². The van der Waals surface area contributed by atoms with E-state index in [2.05, 4.69) is 5.32 Å². The minimum atomic E-state index is 0.0876. The molecular weight excluding hydrogens is 130 g/mol. The number of rotatable bonds is 2. The molecule has 0 aliphatic carbocycles. The number of nitrogens with one attached hydrogen (secondary N) is 1. The molecule has 10 heavy (non-hydrogen) atoms. The third-order valence-electron chi connectivity index (χ3n) is 1.98. The van der Waals surface area contributed by atoms with Crippen molar-refractivity contribution >= 4 is 0 Å². The van der Waals surface area contributed by atoms with Crippen LogP contribution in [0.25, 0.3) is 0 Å². The second-order valence-electron chi connectivity index (χ2n) is 2.70. The largest absolute Gasteiger partial charge is 0.394 e. The molecule has 1 saturated heterocycles. The van der Waals surface area contributed by atoms with Gasteiger partial charge in [0.15, 0.2) is 0 Å². The molecule has 0 aromatic carbocycles. The van der Waals surface area contributed by atoms with Crippen LogP contribution in [0.3, 0.4) is 0 Å². The predicted molar refractivity (Wildman–Crippen MR) is 38.9 cm³/mol. The average molecular weight is 145 g/mol. The predicted octanol–water partition coefficient (Wildman–Crippen LogP) is -0.254. The maximum atomic E-state index is 8.70. The van der Waals surface area contributed by atoms with E-state index in [0.29, 0.717) is 6.04 Å². The molecule has 0 bridgehead atoms. The molecule has 60 valence electrons. The van der Waals surface area contributed by atoms with Crippen LogP contribution in [0.4, 0.5) is 0 Å². The van der Waals surface area contributed by atoms with Crippen molar-refractivity contribution in [1.82, 2.24) is 5.32 Å². The topological polar surface area (TPSA) is 41.5 Å². The first-order valence-electron chi connectivity index (χ1n) is 3.76. The molecule has 2 N–H and O–H groups in total. The zero-order valence-electron chi connectivity index (χ0n) is 6.34. The van der Waals surface area contributed by atoms with E-state index in [0.717, 1.165) is 19.4 Å². The molecule has 0 amide bonds. The molecule has 3 heteroatoms. The summed E-state index contributed by atoms with van der Waals surface area (Å²) >= 11 is 0. The van der Waals surface area contributed by atoms with Crippen LogP contribution >= 0.6 is 0 Å². The maximum absolute atomic E-state index is 8.70. The second-order valence-corrected chi connectivity index (χ2v) is 2.70. The fraction of sp³-hybridized carbons (Fsp3) is 1.00. The van der Waals surface area contributed by atoms with Gasteiger partial charge in [0.1, 0.15) is 0 Å². The number of aliphatic hydroxyl groups is 1. The highest BCUT2D eigenvalue weighted by Crippen LogP contribution is 2.12. The van der Waals surface area contributed by atoms with Crippen molar-refractivity contribution in [2.75, 3.05) is 20.3 Å². The normalized spacial score (nSPS) is 34.2. The SMILES string of the molecule is CNC1CCC(CO)OC1. The molecule has 0 radical (unpaired) electrons. The quantitative estimate of drug-likeness (QED) is 0.563. The smallest absolute Gasteiger partial charge is 0.0807 e. The fourth-order valence-electron chi connectivity index (χ4n) is 1.18. The van der Waals surface area contributed by atoms with Gasteiger partial charge < -0.3 is 15.2 Å². The molecule has 1 rings (SSSR count). The van der Waals surface area contributed by atoms with E-state index in [9.17, 15) is 0 Å². The van der Waals surface area contributed by atoms with Gasteiger partial charge in [-0.2, -0.15) is 0 Å². The zero-order valence-corrected chi connectivity index (χ0v) is 6.34. The minimum Gasteiger partial charge on any atom is -0.394 e. The third-order valence-corrected chi connectivity index (χ3v) is 1.98. The Balaban J connectivity index is 2.17. The average Bonchev–Trinajstić information content (AvgIpc) is 2.05. The Bertz CT molecular complexity index is 77.6. The highest BCUT2D eigenvalue weighted by atomic mass is 16.5. The van der Waals surface area contributed by atoms with Gasteiger partial charge in [-0.05, 0) is 19.9 Å². The van der Waals surface area contributed by atoms with Crippen LogP contribution in [0, 0.1) is 0 Å². The van der Waals surface area contributed by atoms with Crippen LogP contribution in [0.1, 0.15) is 12.8 Å². The van der Waals surface area contributed by atoms with E-state index in [1.807, 2.05) is 7.05 Å². The maximum Gasteiger partial charge on any atom is 0.0807 e. The van der Waals surface area contributed by atoms with Gasteiger partial charge in [-0.25, -0.2) is 0 Å². The Morgan fingerprint density at radius 1 is 1.60 bits per heavy atom. The molecular formula is C7H15NO2. The highest BCUT2D eigenvalue weighted by Gasteiger charge is 2.18. The van der Waals surface area contributed by atoms with Crippen LogP contribution in [0.5, 0.6) is 0 Å². The molecule has 1 heterocycles. The van der Waals surface area contributed by atoms with Crippen LogP contribution in [0.2, 0.25) is 0 Å². The van der Waals surface area contributed by atoms with Gasteiger partial charge in [-0.15, -0.1) is 0 Å². The molecule has 2 atom stereocenters. The van der Waals surface area contributed by atoms with E-state index in [4.69, 9.17) is 9.84 Å². The van der Waals surface area contributed by atoms with Gasteiger partial charge >= 0.3 is 0 Å². The first kappa shape index (κ1) is 7.98. The molecule has 2 unspecified atom stereocenters. The summed E-state index contributed by atoms with van der Waals surface area (Å²) in [5.74, 6) is 0. The number of hydrogen-bond donors (Lipinski definition) is 2. The van der Waals surface area contributed by atoms with Crippen LogP contribution in [-0.2, 0) is 4.74 Å². The van der Waals surface area contributed by atoms with Crippen molar-refractivity contribution in [3.8, 4) is 0 Å². The first-order valence-corrected chi connectivity index (χ1v) is 3.76. The van der Waals surface area contributed by atoms with Gasteiger partial charge in [0.05, 0.1) is 19.3 Å². The van der Waals surface area contributed by atoms with E-state index in [1.54, 1.807) is 0 Å². The van der Waals surface area contributed by atoms with Crippen molar-refractivity contribution in [2.45, 2.75) is 25.0 Å². The summed E-state index contributed by atoms with van der Waals surface area (Å²) < 4.78 is 5.32. The van der Waals surface area contributed by atoms with Gasteiger partial charge in [0.25, 0.3) is 0 Å². The molecule has 0 saturated carbocycles. The van der Waals surface area contributed by atoms with Crippen LogP contribution in [-0.4, -0.2) is 37.5 Å². The molecule has 1 aliphatic rings. The Hall–Kier alpha value is -0.120. The Morgan fingerprint density at radius 2 is 2.40 bits per heavy atom. The number of aliphatic hydroxyl groups excluding tert-OH is 1. The van der Waals surface area contributed by atoms with E-state index in [-0.39, 0.29) is 12.7 Å². The Labute approximate surface area is 61.4 Å². The standard InChI is InChI=1S/C7H15NO2/c1-8-6-2-3-7(4-9)10-5-6/h6-9H,2-5H2,1H3. The number of hydrogen-bond acceptors (Lipinski definition) is 3. The summed E-state index contributed by atoms with van der Waals surface area (Å²) in [5, 5.41) is 11.8. The van der Waals surface area contributed by atoms with Crippen molar-refractivity contribution in [3.05, 3.63) is 0 Å². The molecule has 0 aromatic rings. The Morgan fingerprint density at radius 3 is 2.80 bits per heavy atom. The van der Waals surface area contributed by atoms with Gasteiger partial charge in [-0.3, -0.25) is 0 Å². The molecule has 3 nitrogen and oxygen atoms in total. The van der Waals surface area contributed by atoms with Gasteiger partial charge in [0.2, 0.25) is 0 Å².